The summed E-state index contributed by atoms with van der Waals surface area (Å²) in [6.45, 7) is 3.28. The van der Waals surface area contributed by atoms with E-state index in [4.69, 9.17) is 39.5 Å². The van der Waals surface area contributed by atoms with Crippen LogP contribution in [0.1, 0.15) is 30.6 Å². The normalized spacial score (nSPS) is 12.1. The third kappa shape index (κ3) is 5.42. The average molecular weight is 408 g/mol. The summed E-state index contributed by atoms with van der Waals surface area (Å²) >= 11 is 18.2. The topological polar surface area (TPSA) is 84.8 Å². The van der Waals surface area contributed by atoms with Crippen LogP contribution in [-0.4, -0.2) is 37.5 Å². The molecule has 1 unspecified atom stereocenters. The first kappa shape index (κ1) is 21.4. The molecule has 1 atom stereocenters. The summed E-state index contributed by atoms with van der Waals surface area (Å²) in [5, 5.41) is 2.39. The third-order valence-electron chi connectivity index (χ3n) is 3.09. The molecule has 0 fully saturated rings. The molecule has 1 aromatic rings. The van der Waals surface area contributed by atoms with Crippen molar-refractivity contribution in [1.29, 1.82) is 0 Å². The van der Waals surface area contributed by atoms with Crippen molar-refractivity contribution >= 4 is 64.4 Å². The minimum absolute atomic E-state index is 0.0181. The number of benzene rings is 1. The van der Waals surface area contributed by atoms with Crippen LogP contribution in [0.3, 0.4) is 0 Å². The lowest BCUT2D eigenvalue weighted by atomic mass is 10.1. The lowest BCUT2D eigenvalue weighted by Crippen LogP contribution is -2.25. The summed E-state index contributed by atoms with van der Waals surface area (Å²) in [6, 6.07) is 1.34. The van der Waals surface area contributed by atoms with Gasteiger partial charge in [0.15, 0.2) is 5.92 Å². The third-order valence-corrected chi connectivity index (χ3v) is 4.26. The van der Waals surface area contributed by atoms with E-state index in [-0.39, 0.29) is 32.9 Å². The van der Waals surface area contributed by atoms with Gasteiger partial charge in [-0.2, -0.15) is 0 Å². The predicted octanol–water partition coefficient (Wildman–Crippen LogP) is 3.87. The number of ketones is 1. The lowest BCUT2D eigenvalue weighted by molar-refractivity contribution is -0.148. The predicted molar refractivity (Wildman–Crippen MR) is 98.4 cm³/mol. The number of amides is 1. The molecule has 0 saturated carbocycles. The van der Waals surface area contributed by atoms with E-state index in [1.165, 1.54) is 20.0 Å². The molecule has 1 N–H and O–H groups in total. The molecular weight excluding hydrogens is 391 g/mol. The molecule has 136 valence electrons. The van der Waals surface area contributed by atoms with Crippen molar-refractivity contribution < 1.29 is 19.1 Å². The van der Waals surface area contributed by atoms with Gasteiger partial charge in [-0.3, -0.25) is 19.4 Å². The van der Waals surface area contributed by atoms with E-state index in [1.807, 2.05) is 6.92 Å². The number of ether oxygens (including phenoxy) is 1. The smallest absolute Gasteiger partial charge is 0.321 e. The highest BCUT2D eigenvalue weighted by Crippen LogP contribution is 2.38. The SMILES string of the molecule is CCCOC(=O)C(C=Nc1cc(Cl)c(Cl)c(C(=O)NC)c1Cl)C(C)=O. The highest BCUT2D eigenvalue weighted by Gasteiger charge is 2.24. The van der Waals surface area contributed by atoms with E-state index >= 15 is 0 Å². The number of Topliss-reactive ketones (excluding diaryl/α,β-unsaturated/α-hetero) is 1. The summed E-state index contributed by atoms with van der Waals surface area (Å²) in [4.78, 5) is 39.5. The molecule has 0 heterocycles. The minimum Gasteiger partial charge on any atom is -0.465 e. The minimum atomic E-state index is -1.18. The fraction of sp³-hybridized carbons (Fsp3) is 0.375. The number of halogens is 3. The van der Waals surface area contributed by atoms with Gasteiger partial charge in [-0.25, -0.2) is 0 Å². The van der Waals surface area contributed by atoms with E-state index in [0.29, 0.717) is 6.42 Å². The zero-order valence-corrected chi connectivity index (χ0v) is 16.1. The second-order valence-electron chi connectivity index (χ2n) is 4.99. The lowest BCUT2D eigenvalue weighted by Gasteiger charge is -2.11. The maximum atomic E-state index is 11.9. The molecule has 0 spiro atoms. The van der Waals surface area contributed by atoms with E-state index in [9.17, 15) is 14.4 Å². The Kier molecular flexibility index (Phi) is 8.35. The molecule has 0 aliphatic heterocycles. The van der Waals surface area contributed by atoms with Crippen molar-refractivity contribution in [3.63, 3.8) is 0 Å². The maximum absolute atomic E-state index is 11.9. The fourth-order valence-corrected chi connectivity index (χ4v) is 2.55. The Labute approximate surface area is 160 Å². The Morgan fingerprint density at radius 2 is 1.92 bits per heavy atom. The largest absolute Gasteiger partial charge is 0.465 e. The van der Waals surface area contributed by atoms with Crippen LogP contribution in [0, 0.1) is 5.92 Å². The Balaban J connectivity index is 3.25. The van der Waals surface area contributed by atoms with Gasteiger partial charge < -0.3 is 10.1 Å². The van der Waals surface area contributed by atoms with Crippen molar-refractivity contribution in [3.8, 4) is 0 Å². The van der Waals surface area contributed by atoms with Gasteiger partial charge in [-0.05, 0) is 19.4 Å². The van der Waals surface area contributed by atoms with Crippen LogP contribution in [0.25, 0.3) is 0 Å². The van der Waals surface area contributed by atoms with Gasteiger partial charge in [-0.15, -0.1) is 0 Å². The second kappa shape index (κ2) is 9.75. The van der Waals surface area contributed by atoms with Crippen LogP contribution in [0.5, 0.6) is 0 Å². The van der Waals surface area contributed by atoms with Gasteiger partial charge in [0.2, 0.25) is 0 Å². The molecule has 25 heavy (non-hydrogen) atoms. The highest BCUT2D eigenvalue weighted by molar-refractivity contribution is 6.47. The van der Waals surface area contributed by atoms with Crippen molar-refractivity contribution in [3.05, 3.63) is 26.7 Å². The quantitative estimate of drug-likeness (QED) is 0.322. The molecule has 0 saturated heterocycles. The molecule has 1 aromatic carbocycles. The zero-order valence-electron chi connectivity index (χ0n) is 13.9. The van der Waals surface area contributed by atoms with Crippen molar-refractivity contribution in [2.24, 2.45) is 10.9 Å². The number of carbonyl (C=O) groups is 3. The number of carbonyl (C=O) groups excluding carboxylic acids is 3. The van der Waals surface area contributed by atoms with Gasteiger partial charge in [-0.1, -0.05) is 41.7 Å². The van der Waals surface area contributed by atoms with Gasteiger partial charge in [0.05, 0.1) is 32.9 Å². The molecule has 0 aliphatic carbocycles. The molecule has 0 aliphatic rings. The van der Waals surface area contributed by atoms with Crippen molar-refractivity contribution in [2.45, 2.75) is 20.3 Å². The Morgan fingerprint density at radius 1 is 1.28 bits per heavy atom. The van der Waals surface area contributed by atoms with Gasteiger partial charge in [0.1, 0.15) is 5.78 Å². The Hall–Kier alpha value is -1.63. The van der Waals surface area contributed by atoms with Gasteiger partial charge in [0.25, 0.3) is 5.91 Å². The van der Waals surface area contributed by atoms with Crippen LogP contribution in [0.2, 0.25) is 15.1 Å². The number of hydrogen-bond donors (Lipinski definition) is 1. The molecule has 0 bridgehead atoms. The summed E-state index contributed by atoms with van der Waals surface area (Å²) in [5.74, 6) is -2.87. The van der Waals surface area contributed by atoms with Crippen molar-refractivity contribution in [1.82, 2.24) is 5.32 Å². The molecule has 0 radical (unpaired) electrons. The highest BCUT2D eigenvalue weighted by atomic mass is 35.5. The Bertz CT molecular complexity index is 720. The molecule has 6 nitrogen and oxygen atoms in total. The van der Waals surface area contributed by atoms with Crippen LogP contribution < -0.4 is 5.32 Å². The van der Waals surface area contributed by atoms with E-state index < -0.39 is 23.6 Å². The van der Waals surface area contributed by atoms with Crippen LogP contribution in [-0.2, 0) is 14.3 Å². The molecule has 0 aromatic heterocycles. The first-order valence-electron chi connectivity index (χ1n) is 7.35. The molecule has 9 heteroatoms. The van der Waals surface area contributed by atoms with Crippen LogP contribution >= 0.6 is 34.8 Å². The first-order valence-corrected chi connectivity index (χ1v) is 8.48. The van der Waals surface area contributed by atoms with Gasteiger partial charge in [0, 0.05) is 13.3 Å². The number of rotatable bonds is 7. The fourth-order valence-electron chi connectivity index (χ4n) is 1.79. The van der Waals surface area contributed by atoms with Crippen LogP contribution in [0.4, 0.5) is 5.69 Å². The summed E-state index contributed by atoms with van der Waals surface area (Å²) in [7, 11) is 1.41. The first-order chi connectivity index (χ1) is 11.7. The summed E-state index contributed by atoms with van der Waals surface area (Å²) < 4.78 is 4.96. The number of nitrogens with one attached hydrogen (secondary N) is 1. The number of esters is 1. The van der Waals surface area contributed by atoms with Gasteiger partial charge >= 0.3 is 5.97 Å². The standard InChI is InChI=1S/C16H17Cl3N2O4/c1-4-5-25-16(24)9(8(2)22)7-21-11-6-10(17)13(18)12(14(11)19)15(23)20-3/h6-7,9H,4-5H2,1-3H3,(H,20,23). The zero-order chi connectivity index (χ0) is 19.1. The summed E-state index contributed by atoms with van der Waals surface area (Å²) in [6.07, 6.45) is 1.74. The number of hydrogen-bond acceptors (Lipinski definition) is 5. The van der Waals surface area contributed by atoms with E-state index in [1.54, 1.807) is 0 Å². The monoisotopic (exact) mass is 406 g/mol. The van der Waals surface area contributed by atoms with E-state index in [2.05, 4.69) is 10.3 Å². The van der Waals surface area contributed by atoms with E-state index in [0.717, 1.165) is 6.21 Å². The molecular formula is C16H17Cl3N2O4. The van der Waals surface area contributed by atoms with Crippen molar-refractivity contribution in [2.75, 3.05) is 13.7 Å². The number of aliphatic imine (C=N–C) groups is 1. The van der Waals surface area contributed by atoms with Crippen LogP contribution in [0.15, 0.2) is 11.1 Å². The molecule has 1 amide bonds. The molecule has 1 rings (SSSR count). The Morgan fingerprint density at radius 3 is 2.44 bits per heavy atom. The summed E-state index contributed by atoms with van der Waals surface area (Å²) in [5.41, 5.74) is 0.0580. The average Bonchev–Trinajstić information content (AvgIpc) is 2.57. The second-order valence-corrected chi connectivity index (χ2v) is 6.16. The number of nitrogens with zero attached hydrogens (tertiary/aromatic N) is 1. The maximum Gasteiger partial charge on any atom is 0.321 e.